The Morgan fingerprint density at radius 1 is 1.12 bits per heavy atom. The van der Waals surface area contributed by atoms with Crippen molar-refractivity contribution in [1.82, 2.24) is 4.98 Å². The Morgan fingerprint density at radius 3 is 2.23 bits per heavy atom. The van der Waals surface area contributed by atoms with E-state index < -0.39 is 0 Å². The molecule has 1 aromatic carbocycles. The summed E-state index contributed by atoms with van der Waals surface area (Å²) in [6.45, 7) is 7.82. The summed E-state index contributed by atoms with van der Waals surface area (Å²) in [7, 11) is 0. The van der Waals surface area contributed by atoms with E-state index in [-0.39, 0.29) is 42.7 Å². The van der Waals surface area contributed by atoms with Crippen LogP contribution in [0.15, 0.2) is 48.7 Å². The van der Waals surface area contributed by atoms with Gasteiger partial charge in [0.2, 0.25) is 5.91 Å². The van der Waals surface area contributed by atoms with E-state index in [1.807, 2.05) is 49.4 Å². The standard InChI is InChI=1S/C19H26N4O.2ClH/c1-4-23(5-2)17-12-11-16(13-21-17)22-19(24)14(3)18(20)15-9-7-6-8-10-15;;/h6-14,18H,4-5,20H2,1-3H3,(H,22,24);2*1H. The van der Waals surface area contributed by atoms with E-state index in [1.54, 1.807) is 6.20 Å². The molecule has 2 rings (SSSR count). The number of hydrogen-bond donors (Lipinski definition) is 2. The molecule has 0 aliphatic heterocycles. The summed E-state index contributed by atoms with van der Waals surface area (Å²) in [6, 6.07) is 13.1. The Kier molecular flexibility index (Phi) is 10.9. The van der Waals surface area contributed by atoms with Crippen molar-refractivity contribution in [3.05, 3.63) is 54.2 Å². The highest BCUT2D eigenvalue weighted by Crippen LogP contribution is 2.21. The molecule has 2 atom stereocenters. The number of carbonyl (C=O) groups excluding carboxylic acids is 1. The number of rotatable bonds is 7. The van der Waals surface area contributed by atoms with Crippen molar-refractivity contribution >= 4 is 42.2 Å². The molecule has 1 heterocycles. The fourth-order valence-electron chi connectivity index (χ4n) is 2.58. The zero-order chi connectivity index (χ0) is 17.5. The van der Waals surface area contributed by atoms with Crippen molar-refractivity contribution in [3.63, 3.8) is 0 Å². The predicted octanol–water partition coefficient (Wildman–Crippen LogP) is 4.05. The van der Waals surface area contributed by atoms with Crippen LogP contribution >= 0.6 is 24.8 Å². The molecule has 0 aliphatic rings. The molecule has 7 heteroatoms. The van der Waals surface area contributed by atoms with Crippen LogP contribution < -0.4 is 16.0 Å². The van der Waals surface area contributed by atoms with Crippen molar-refractivity contribution in [3.8, 4) is 0 Å². The van der Waals surface area contributed by atoms with Crippen LogP contribution in [-0.4, -0.2) is 24.0 Å². The molecule has 0 saturated carbocycles. The minimum atomic E-state index is -0.339. The van der Waals surface area contributed by atoms with E-state index in [2.05, 4.69) is 29.0 Å². The molecular weight excluding hydrogens is 371 g/mol. The Balaban J connectivity index is 0.00000312. The van der Waals surface area contributed by atoms with Crippen LogP contribution in [0.4, 0.5) is 11.5 Å². The Hall–Kier alpha value is -1.82. The van der Waals surface area contributed by atoms with Crippen LogP contribution in [0.3, 0.4) is 0 Å². The molecule has 1 amide bonds. The first-order valence-corrected chi connectivity index (χ1v) is 8.39. The number of anilines is 2. The molecule has 26 heavy (non-hydrogen) atoms. The van der Waals surface area contributed by atoms with Gasteiger partial charge in [0, 0.05) is 19.1 Å². The first-order chi connectivity index (χ1) is 11.6. The maximum absolute atomic E-state index is 12.4. The highest BCUT2D eigenvalue weighted by molar-refractivity contribution is 5.92. The molecule has 5 nitrogen and oxygen atoms in total. The summed E-state index contributed by atoms with van der Waals surface area (Å²) in [5.74, 6) is 0.464. The predicted molar refractivity (Wildman–Crippen MR) is 113 cm³/mol. The molecule has 144 valence electrons. The Morgan fingerprint density at radius 2 is 1.73 bits per heavy atom. The number of nitrogens with one attached hydrogen (secondary N) is 1. The van der Waals surface area contributed by atoms with Crippen molar-refractivity contribution < 1.29 is 4.79 Å². The molecule has 2 aromatic rings. The summed E-state index contributed by atoms with van der Waals surface area (Å²) in [6.07, 6.45) is 1.69. The second-order valence-electron chi connectivity index (χ2n) is 5.79. The summed E-state index contributed by atoms with van der Waals surface area (Å²) >= 11 is 0. The lowest BCUT2D eigenvalue weighted by Crippen LogP contribution is -2.30. The highest BCUT2D eigenvalue weighted by atomic mass is 35.5. The fourth-order valence-corrected chi connectivity index (χ4v) is 2.58. The number of aromatic nitrogens is 1. The highest BCUT2D eigenvalue weighted by Gasteiger charge is 2.22. The first-order valence-electron chi connectivity index (χ1n) is 8.39. The van der Waals surface area contributed by atoms with Crippen LogP contribution in [0.5, 0.6) is 0 Å². The average Bonchev–Trinajstić information content (AvgIpc) is 2.63. The van der Waals surface area contributed by atoms with Gasteiger partial charge >= 0.3 is 0 Å². The zero-order valence-electron chi connectivity index (χ0n) is 15.4. The van der Waals surface area contributed by atoms with Crippen molar-refractivity contribution in [2.24, 2.45) is 11.7 Å². The third-order valence-corrected chi connectivity index (χ3v) is 4.24. The normalized spacial score (nSPS) is 12.2. The molecule has 3 N–H and O–H groups in total. The van der Waals surface area contributed by atoms with Crippen molar-refractivity contribution in [2.75, 3.05) is 23.3 Å². The number of carbonyl (C=O) groups is 1. The minimum absolute atomic E-state index is 0. The third kappa shape index (κ3) is 6.16. The largest absolute Gasteiger partial charge is 0.357 e. The number of nitrogens with two attached hydrogens (primary N) is 1. The van der Waals surface area contributed by atoms with Gasteiger partial charge in [0.15, 0.2) is 0 Å². The van der Waals surface area contributed by atoms with Gasteiger partial charge in [0.05, 0.1) is 17.8 Å². The van der Waals surface area contributed by atoms with Crippen LogP contribution in [-0.2, 0) is 4.79 Å². The number of amides is 1. The van der Waals surface area contributed by atoms with E-state index in [4.69, 9.17) is 5.73 Å². The van der Waals surface area contributed by atoms with Crippen LogP contribution in [0.2, 0.25) is 0 Å². The molecule has 0 bridgehead atoms. The Labute approximate surface area is 168 Å². The van der Waals surface area contributed by atoms with Gasteiger partial charge in [0.25, 0.3) is 0 Å². The first kappa shape index (κ1) is 24.2. The smallest absolute Gasteiger partial charge is 0.229 e. The number of hydrogen-bond acceptors (Lipinski definition) is 4. The SMILES string of the molecule is CCN(CC)c1ccc(NC(=O)C(C)C(N)c2ccccc2)cn1.Cl.Cl. The maximum atomic E-state index is 12.4. The lowest BCUT2D eigenvalue weighted by atomic mass is 9.94. The van der Waals surface area contributed by atoms with Gasteiger partial charge in [-0.05, 0) is 31.5 Å². The lowest BCUT2D eigenvalue weighted by Gasteiger charge is -2.21. The van der Waals surface area contributed by atoms with E-state index in [1.165, 1.54) is 0 Å². The number of halogens is 2. The van der Waals surface area contributed by atoms with Crippen LogP contribution in [0.25, 0.3) is 0 Å². The molecular formula is C19H28Cl2N4O. The summed E-state index contributed by atoms with van der Waals surface area (Å²) in [5.41, 5.74) is 7.85. The van der Waals surface area contributed by atoms with E-state index in [0.29, 0.717) is 5.69 Å². The second-order valence-corrected chi connectivity index (χ2v) is 5.79. The monoisotopic (exact) mass is 398 g/mol. The lowest BCUT2D eigenvalue weighted by molar-refractivity contribution is -0.120. The topological polar surface area (TPSA) is 71.2 Å². The van der Waals surface area contributed by atoms with Gasteiger partial charge in [-0.25, -0.2) is 4.98 Å². The van der Waals surface area contributed by atoms with Gasteiger partial charge in [-0.3, -0.25) is 4.79 Å². The third-order valence-electron chi connectivity index (χ3n) is 4.24. The number of pyridine rings is 1. The minimum Gasteiger partial charge on any atom is -0.357 e. The van der Waals surface area contributed by atoms with Gasteiger partial charge in [0.1, 0.15) is 5.82 Å². The van der Waals surface area contributed by atoms with Crippen molar-refractivity contribution in [1.29, 1.82) is 0 Å². The fraction of sp³-hybridized carbons (Fsp3) is 0.368. The van der Waals surface area contributed by atoms with Crippen molar-refractivity contribution in [2.45, 2.75) is 26.8 Å². The summed E-state index contributed by atoms with van der Waals surface area (Å²) < 4.78 is 0. The molecule has 0 fully saturated rings. The Bertz CT molecular complexity index is 648. The van der Waals surface area contributed by atoms with Crippen LogP contribution in [0.1, 0.15) is 32.4 Å². The molecule has 2 unspecified atom stereocenters. The van der Waals surface area contributed by atoms with Gasteiger partial charge in [-0.1, -0.05) is 37.3 Å². The summed E-state index contributed by atoms with van der Waals surface area (Å²) in [5, 5.41) is 2.89. The molecule has 0 spiro atoms. The average molecular weight is 399 g/mol. The molecule has 1 aromatic heterocycles. The number of nitrogens with zero attached hydrogens (tertiary/aromatic N) is 2. The molecule has 0 aliphatic carbocycles. The summed E-state index contributed by atoms with van der Waals surface area (Å²) in [4.78, 5) is 19.0. The second kappa shape index (κ2) is 11.7. The van der Waals surface area contributed by atoms with Gasteiger partial charge < -0.3 is 16.0 Å². The van der Waals surface area contributed by atoms with Gasteiger partial charge in [-0.15, -0.1) is 24.8 Å². The van der Waals surface area contributed by atoms with E-state index >= 15 is 0 Å². The molecule has 0 radical (unpaired) electrons. The van der Waals surface area contributed by atoms with E-state index in [9.17, 15) is 4.79 Å². The zero-order valence-corrected chi connectivity index (χ0v) is 17.0. The quantitative estimate of drug-likeness (QED) is 0.737. The number of benzene rings is 1. The molecule has 0 saturated heterocycles. The van der Waals surface area contributed by atoms with Gasteiger partial charge in [-0.2, -0.15) is 0 Å². The van der Waals surface area contributed by atoms with Crippen LogP contribution in [0, 0.1) is 5.92 Å². The van der Waals surface area contributed by atoms with E-state index in [0.717, 1.165) is 24.5 Å². The maximum Gasteiger partial charge on any atom is 0.229 e.